The fraction of sp³-hybridized carbons (Fsp3) is 0.0769. The Kier molecular flexibility index (Phi) is 4.48. The van der Waals surface area contributed by atoms with Crippen molar-refractivity contribution in [1.29, 1.82) is 0 Å². The quantitative estimate of drug-likeness (QED) is 0.870. The molecule has 22 heavy (non-hydrogen) atoms. The zero-order valence-electron chi connectivity index (χ0n) is 11.4. The lowest BCUT2D eigenvalue weighted by atomic mass is 10.2. The van der Waals surface area contributed by atoms with E-state index in [9.17, 15) is 16.8 Å². The van der Waals surface area contributed by atoms with Crippen molar-refractivity contribution in [2.45, 2.75) is 16.7 Å². The van der Waals surface area contributed by atoms with Crippen molar-refractivity contribution in [1.82, 2.24) is 0 Å². The fourth-order valence-corrected chi connectivity index (χ4v) is 3.72. The lowest BCUT2D eigenvalue weighted by Gasteiger charge is -2.12. The Bertz CT molecular complexity index is 925. The van der Waals surface area contributed by atoms with E-state index < -0.39 is 20.0 Å². The van der Waals surface area contributed by atoms with Gasteiger partial charge in [0, 0.05) is 5.02 Å². The third-order valence-corrected chi connectivity index (χ3v) is 5.64. The van der Waals surface area contributed by atoms with E-state index in [1.165, 1.54) is 18.2 Å². The lowest BCUT2D eigenvalue weighted by molar-refractivity contribution is 0.597. The minimum atomic E-state index is -3.99. The summed E-state index contributed by atoms with van der Waals surface area (Å²) in [4.78, 5) is -0.489. The first kappa shape index (κ1) is 16.8. The smallest absolute Gasteiger partial charge is 0.261 e. The Morgan fingerprint density at radius 2 is 1.59 bits per heavy atom. The number of primary sulfonamides is 1. The molecule has 118 valence electrons. The van der Waals surface area contributed by atoms with Crippen molar-refractivity contribution in [2.75, 3.05) is 4.72 Å². The highest BCUT2D eigenvalue weighted by molar-refractivity contribution is 7.93. The van der Waals surface area contributed by atoms with Crippen LogP contribution >= 0.6 is 11.6 Å². The van der Waals surface area contributed by atoms with Gasteiger partial charge in [0.2, 0.25) is 10.0 Å². The molecule has 0 saturated carbocycles. The minimum Gasteiger partial charge on any atom is -0.279 e. The second-order valence-electron chi connectivity index (χ2n) is 4.54. The van der Waals surface area contributed by atoms with Gasteiger partial charge in [0.05, 0.1) is 15.5 Å². The van der Waals surface area contributed by atoms with E-state index in [0.29, 0.717) is 16.3 Å². The number of rotatable bonds is 4. The molecule has 0 bridgehead atoms. The second kappa shape index (κ2) is 5.88. The summed E-state index contributed by atoms with van der Waals surface area (Å²) in [5.41, 5.74) is 0.879. The van der Waals surface area contributed by atoms with E-state index in [1.54, 1.807) is 25.1 Å². The van der Waals surface area contributed by atoms with Crippen LogP contribution in [0.2, 0.25) is 5.02 Å². The Balaban J connectivity index is 2.46. The highest BCUT2D eigenvalue weighted by atomic mass is 35.5. The fourth-order valence-electron chi connectivity index (χ4n) is 1.74. The Labute approximate surface area is 134 Å². The summed E-state index contributed by atoms with van der Waals surface area (Å²) in [5, 5.41) is 5.42. The van der Waals surface area contributed by atoms with Crippen LogP contribution in [0.5, 0.6) is 0 Å². The molecule has 2 aromatic carbocycles. The van der Waals surface area contributed by atoms with Crippen LogP contribution in [-0.2, 0) is 20.0 Å². The van der Waals surface area contributed by atoms with Crippen LogP contribution in [-0.4, -0.2) is 16.8 Å². The van der Waals surface area contributed by atoms with Crippen molar-refractivity contribution in [2.24, 2.45) is 5.14 Å². The first-order valence-corrected chi connectivity index (χ1v) is 9.43. The molecule has 0 aliphatic rings. The van der Waals surface area contributed by atoms with Gasteiger partial charge in [0.25, 0.3) is 10.0 Å². The highest BCUT2D eigenvalue weighted by Crippen LogP contribution is 2.26. The molecule has 0 aliphatic heterocycles. The van der Waals surface area contributed by atoms with Gasteiger partial charge in [-0.2, -0.15) is 0 Å². The van der Waals surface area contributed by atoms with E-state index >= 15 is 0 Å². The number of sulfonamides is 2. The first-order chi connectivity index (χ1) is 10.1. The highest BCUT2D eigenvalue weighted by Gasteiger charge is 2.18. The van der Waals surface area contributed by atoms with Gasteiger partial charge in [-0.05, 0) is 42.8 Å². The molecule has 2 rings (SSSR count). The zero-order valence-corrected chi connectivity index (χ0v) is 13.8. The number of benzene rings is 2. The van der Waals surface area contributed by atoms with Crippen LogP contribution < -0.4 is 9.86 Å². The molecule has 0 fully saturated rings. The number of nitrogens with two attached hydrogens (primary N) is 1. The number of nitrogens with one attached hydrogen (secondary N) is 1. The molecule has 6 nitrogen and oxygen atoms in total. The van der Waals surface area contributed by atoms with Crippen molar-refractivity contribution in [3.8, 4) is 0 Å². The molecule has 3 N–H and O–H groups in total. The van der Waals surface area contributed by atoms with Crippen molar-refractivity contribution >= 4 is 37.3 Å². The Morgan fingerprint density at radius 3 is 2.23 bits per heavy atom. The molecular weight excluding hydrogens is 348 g/mol. The summed E-state index contributed by atoms with van der Waals surface area (Å²) in [6.45, 7) is 1.67. The van der Waals surface area contributed by atoms with E-state index in [4.69, 9.17) is 16.7 Å². The number of hydrogen-bond donors (Lipinski definition) is 2. The predicted octanol–water partition coefficient (Wildman–Crippen LogP) is 2.10. The first-order valence-electron chi connectivity index (χ1n) is 6.02. The third kappa shape index (κ3) is 3.58. The van der Waals surface area contributed by atoms with E-state index in [0.717, 1.165) is 6.07 Å². The maximum Gasteiger partial charge on any atom is 0.261 e. The summed E-state index contributed by atoms with van der Waals surface area (Å²) in [5.74, 6) is 0. The largest absolute Gasteiger partial charge is 0.279 e. The van der Waals surface area contributed by atoms with Crippen LogP contribution in [0.4, 0.5) is 5.69 Å². The molecule has 0 unspecified atom stereocenters. The summed E-state index contributed by atoms with van der Waals surface area (Å²) in [7, 11) is -7.95. The van der Waals surface area contributed by atoms with Gasteiger partial charge in [0.15, 0.2) is 0 Å². The number of halogens is 1. The third-order valence-electron chi connectivity index (χ3n) is 2.96. The maximum atomic E-state index is 12.4. The molecule has 0 aromatic heterocycles. The zero-order chi connectivity index (χ0) is 16.5. The molecule has 0 aliphatic carbocycles. The standard InChI is InChI=1S/C13H13ClN2O4S2/c1-9-12(14)6-3-7-13(9)16-22(19,20)11-5-2-4-10(8-11)21(15,17)18/h2-8,16H,1H3,(H2,15,17,18). The average Bonchev–Trinajstić information content (AvgIpc) is 2.43. The maximum absolute atomic E-state index is 12.4. The topological polar surface area (TPSA) is 106 Å². The summed E-state index contributed by atoms with van der Waals surface area (Å²) in [6, 6.07) is 9.60. The van der Waals surface area contributed by atoms with Gasteiger partial charge in [-0.3, -0.25) is 4.72 Å². The normalized spacial score (nSPS) is 12.1. The van der Waals surface area contributed by atoms with Gasteiger partial charge in [0.1, 0.15) is 0 Å². The van der Waals surface area contributed by atoms with E-state index in [-0.39, 0.29) is 9.79 Å². The summed E-state index contributed by atoms with van der Waals surface area (Å²) < 4.78 is 49.7. The van der Waals surface area contributed by atoms with Crippen LogP contribution in [0.25, 0.3) is 0 Å². The number of hydrogen-bond acceptors (Lipinski definition) is 4. The van der Waals surface area contributed by atoms with Crippen LogP contribution in [0, 0.1) is 6.92 Å². The summed E-state index contributed by atoms with van der Waals surface area (Å²) in [6.07, 6.45) is 0. The molecule has 0 amide bonds. The van der Waals surface area contributed by atoms with Crippen LogP contribution in [0.15, 0.2) is 52.3 Å². The summed E-state index contributed by atoms with van der Waals surface area (Å²) >= 11 is 5.94. The van der Waals surface area contributed by atoms with E-state index in [2.05, 4.69) is 4.72 Å². The molecular formula is C13H13ClN2O4S2. The average molecular weight is 361 g/mol. The van der Waals surface area contributed by atoms with Gasteiger partial charge < -0.3 is 0 Å². The second-order valence-corrected chi connectivity index (χ2v) is 8.19. The molecule has 0 atom stereocenters. The van der Waals surface area contributed by atoms with E-state index in [1.807, 2.05) is 0 Å². The van der Waals surface area contributed by atoms with Gasteiger partial charge in [-0.15, -0.1) is 0 Å². The molecule has 0 spiro atoms. The number of anilines is 1. The van der Waals surface area contributed by atoms with Crippen molar-refractivity contribution in [3.63, 3.8) is 0 Å². The van der Waals surface area contributed by atoms with Crippen LogP contribution in [0.1, 0.15) is 5.56 Å². The van der Waals surface area contributed by atoms with Gasteiger partial charge in [-0.25, -0.2) is 22.0 Å². The van der Waals surface area contributed by atoms with Crippen LogP contribution in [0.3, 0.4) is 0 Å². The monoisotopic (exact) mass is 360 g/mol. The molecule has 2 aromatic rings. The van der Waals surface area contributed by atoms with Crippen molar-refractivity contribution < 1.29 is 16.8 Å². The molecule has 0 radical (unpaired) electrons. The minimum absolute atomic E-state index is 0.210. The van der Waals surface area contributed by atoms with Crippen molar-refractivity contribution in [3.05, 3.63) is 53.1 Å². The predicted molar refractivity (Wildman–Crippen MR) is 84.8 cm³/mol. The van der Waals surface area contributed by atoms with Gasteiger partial charge >= 0.3 is 0 Å². The molecule has 0 heterocycles. The Hall–Kier alpha value is -1.61. The SMILES string of the molecule is Cc1c(Cl)cccc1NS(=O)(=O)c1cccc(S(N)(=O)=O)c1. The lowest BCUT2D eigenvalue weighted by Crippen LogP contribution is -2.16. The molecule has 9 heteroatoms. The molecule has 0 saturated heterocycles. The Morgan fingerprint density at radius 1 is 1.00 bits per heavy atom. The van der Waals surface area contributed by atoms with Gasteiger partial charge in [-0.1, -0.05) is 23.7 Å².